The number of amides is 2. The topological polar surface area (TPSA) is 74.4 Å². The minimum Gasteiger partial charge on any atom is -0.486 e. The SMILES string of the molecule is CC(C)C(NC(=O)CN1CCN(CC(=O)N2CCCC2)CC1)c1ccc2c(c1)OCCO2. The van der Waals surface area contributed by atoms with Gasteiger partial charge in [-0.3, -0.25) is 19.4 Å². The van der Waals surface area contributed by atoms with Crippen molar-refractivity contribution >= 4 is 11.8 Å². The molecular weight excluding hydrogens is 408 g/mol. The lowest BCUT2D eigenvalue weighted by atomic mass is 9.95. The van der Waals surface area contributed by atoms with Crippen LogP contribution in [0.4, 0.5) is 0 Å². The van der Waals surface area contributed by atoms with Gasteiger partial charge in [-0.1, -0.05) is 19.9 Å². The molecule has 176 valence electrons. The lowest BCUT2D eigenvalue weighted by Gasteiger charge is -2.35. The van der Waals surface area contributed by atoms with Gasteiger partial charge in [-0.25, -0.2) is 0 Å². The van der Waals surface area contributed by atoms with Gasteiger partial charge in [-0.15, -0.1) is 0 Å². The van der Waals surface area contributed by atoms with Gasteiger partial charge in [-0.05, 0) is 36.5 Å². The first-order valence-corrected chi connectivity index (χ1v) is 11.9. The standard InChI is InChI=1S/C24H36N4O4/c1-18(2)24(19-5-6-20-21(15-19)32-14-13-31-20)25-22(29)16-26-9-11-27(12-10-26)17-23(30)28-7-3-4-8-28/h5-6,15,18,24H,3-4,7-14,16-17H2,1-2H3,(H,25,29). The highest BCUT2D eigenvalue weighted by atomic mass is 16.6. The van der Waals surface area contributed by atoms with Crippen LogP contribution in [0.25, 0.3) is 0 Å². The molecule has 1 atom stereocenters. The first kappa shape index (κ1) is 22.9. The van der Waals surface area contributed by atoms with Gasteiger partial charge in [0, 0.05) is 39.3 Å². The Balaban J connectivity index is 1.26. The second-order valence-electron chi connectivity index (χ2n) is 9.33. The van der Waals surface area contributed by atoms with E-state index in [9.17, 15) is 9.59 Å². The molecule has 2 amide bonds. The number of carbonyl (C=O) groups excluding carboxylic acids is 2. The molecule has 2 saturated heterocycles. The Labute approximate surface area is 190 Å². The molecule has 1 N–H and O–H groups in total. The maximum atomic E-state index is 12.8. The van der Waals surface area contributed by atoms with Crippen molar-refractivity contribution < 1.29 is 19.1 Å². The van der Waals surface area contributed by atoms with E-state index in [0.717, 1.165) is 69.2 Å². The highest BCUT2D eigenvalue weighted by Crippen LogP contribution is 2.34. The molecule has 0 spiro atoms. The molecule has 4 rings (SSSR count). The lowest BCUT2D eigenvalue weighted by Crippen LogP contribution is -2.52. The van der Waals surface area contributed by atoms with E-state index in [-0.39, 0.29) is 23.8 Å². The molecule has 0 bridgehead atoms. The number of hydrogen-bond acceptors (Lipinski definition) is 6. The van der Waals surface area contributed by atoms with Crippen LogP contribution in [0.1, 0.15) is 38.3 Å². The summed E-state index contributed by atoms with van der Waals surface area (Å²) >= 11 is 0. The molecule has 0 aromatic heterocycles. The predicted molar refractivity (Wildman–Crippen MR) is 122 cm³/mol. The summed E-state index contributed by atoms with van der Waals surface area (Å²) in [4.78, 5) is 31.6. The number of likely N-dealkylation sites (tertiary alicyclic amines) is 1. The van der Waals surface area contributed by atoms with Crippen LogP contribution in [-0.2, 0) is 9.59 Å². The number of ether oxygens (including phenoxy) is 2. The number of hydrogen-bond donors (Lipinski definition) is 1. The minimum atomic E-state index is -0.0855. The van der Waals surface area contributed by atoms with E-state index in [0.29, 0.717) is 26.3 Å². The summed E-state index contributed by atoms with van der Waals surface area (Å²) < 4.78 is 11.3. The van der Waals surface area contributed by atoms with E-state index >= 15 is 0 Å². The maximum absolute atomic E-state index is 12.8. The molecule has 8 heteroatoms. The van der Waals surface area contributed by atoms with E-state index in [1.54, 1.807) is 0 Å². The Morgan fingerprint density at radius 2 is 1.53 bits per heavy atom. The second kappa shape index (κ2) is 10.5. The normalized spacial score (nSPS) is 20.4. The monoisotopic (exact) mass is 444 g/mol. The van der Waals surface area contributed by atoms with Crippen LogP contribution < -0.4 is 14.8 Å². The molecule has 2 fully saturated rings. The summed E-state index contributed by atoms with van der Waals surface area (Å²) in [6, 6.07) is 5.83. The van der Waals surface area contributed by atoms with E-state index < -0.39 is 0 Å². The van der Waals surface area contributed by atoms with Crippen LogP contribution in [0, 0.1) is 5.92 Å². The summed E-state index contributed by atoms with van der Waals surface area (Å²) in [5.41, 5.74) is 1.03. The third-order valence-corrected chi connectivity index (χ3v) is 6.56. The number of nitrogens with zero attached hydrogens (tertiary/aromatic N) is 3. The molecule has 8 nitrogen and oxygen atoms in total. The van der Waals surface area contributed by atoms with E-state index in [2.05, 4.69) is 29.0 Å². The fraction of sp³-hybridized carbons (Fsp3) is 0.667. The highest BCUT2D eigenvalue weighted by Gasteiger charge is 2.26. The van der Waals surface area contributed by atoms with Crippen LogP contribution in [-0.4, -0.2) is 92.1 Å². The summed E-state index contributed by atoms with van der Waals surface area (Å²) in [6.07, 6.45) is 2.25. The van der Waals surface area contributed by atoms with Crippen LogP contribution in [0.5, 0.6) is 11.5 Å². The number of nitrogens with one attached hydrogen (secondary N) is 1. The molecule has 32 heavy (non-hydrogen) atoms. The maximum Gasteiger partial charge on any atom is 0.236 e. The molecule has 0 aliphatic carbocycles. The first-order valence-electron chi connectivity index (χ1n) is 11.9. The number of piperazine rings is 1. The van der Waals surface area contributed by atoms with Crippen LogP contribution in [0.2, 0.25) is 0 Å². The van der Waals surface area contributed by atoms with Crippen LogP contribution in [0.15, 0.2) is 18.2 Å². The van der Waals surface area contributed by atoms with Crippen molar-refractivity contribution in [2.24, 2.45) is 5.92 Å². The molecule has 1 unspecified atom stereocenters. The predicted octanol–water partition coefficient (Wildman–Crippen LogP) is 1.51. The Morgan fingerprint density at radius 3 is 2.19 bits per heavy atom. The van der Waals surface area contributed by atoms with Crippen LogP contribution in [0.3, 0.4) is 0 Å². The van der Waals surface area contributed by atoms with Crippen molar-refractivity contribution in [3.05, 3.63) is 23.8 Å². The number of rotatable bonds is 7. The summed E-state index contributed by atoms with van der Waals surface area (Å²) in [6.45, 7) is 11.3. The zero-order chi connectivity index (χ0) is 22.5. The molecule has 0 saturated carbocycles. The lowest BCUT2D eigenvalue weighted by molar-refractivity contribution is -0.132. The third kappa shape index (κ3) is 5.72. The zero-order valence-electron chi connectivity index (χ0n) is 19.3. The third-order valence-electron chi connectivity index (χ3n) is 6.56. The van der Waals surface area contributed by atoms with Crippen molar-refractivity contribution in [3.8, 4) is 11.5 Å². The van der Waals surface area contributed by atoms with Crippen molar-refractivity contribution in [3.63, 3.8) is 0 Å². The van der Waals surface area contributed by atoms with Gasteiger partial charge in [0.1, 0.15) is 13.2 Å². The first-order chi connectivity index (χ1) is 15.5. The fourth-order valence-corrected chi connectivity index (χ4v) is 4.67. The molecule has 3 heterocycles. The summed E-state index contributed by atoms with van der Waals surface area (Å²) in [5, 5.41) is 3.22. The Kier molecular flexibility index (Phi) is 7.52. The quantitative estimate of drug-likeness (QED) is 0.687. The zero-order valence-corrected chi connectivity index (χ0v) is 19.3. The van der Waals surface area contributed by atoms with Gasteiger partial charge in [0.25, 0.3) is 0 Å². The minimum absolute atomic E-state index is 0.0279. The molecule has 1 aromatic rings. The van der Waals surface area contributed by atoms with Crippen molar-refractivity contribution in [1.29, 1.82) is 0 Å². The Bertz CT molecular complexity index is 801. The molecule has 3 aliphatic rings. The summed E-state index contributed by atoms with van der Waals surface area (Å²) in [7, 11) is 0. The number of benzene rings is 1. The second-order valence-corrected chi connectivity index (χ2v) is 9.33. The smallest absolute Gasteiger partial charge is 0.236 e. The average Bonchev–Trinajstić information content (AvgIpc) is 3.33. The van der Waals surface area contributed by atoms with Gasteiger partial charge >= 0.3 is 0 Å². The molecule has 0 radical (unpaired) electrons. The molecule has 3 aliphatic heterocycles. The van der Waals surface area contributed by atoms with Crippen molar-refractivity contribution in [1.82, 2.24) is 20.0 Å². The van der Waals surface area contributed by atoms with Crippen molar-refractivity contribution in [2.75, 3.05) is 65.6 Å². The Morgan fingerprint density at radius 1 is 0.906 bits per heavy atom. The van der Waals surface area contributed by atoms with Crippen molar-refractivity contribution in [2.45, 2.75) is 32.7 Å². The average molecular weight is 445 g/mol. The van der Waals surface area contributed by atoms with E-state index in [4.69, 9.17) is 9.47 Å². The number of fused-ring (bicyclic) bond motifs is 1. The van der Waals surface area contributed by atoms with E-state index in [1.165, 1.54) is 0 Å². The van der Waals surface area contributed by atoms with Gasteiger partial charge in [0.2, 0.25) is 11.8 Å². The van der Waals surface area contributed by atoms with Crippen LogP contribution >= 0.6 is 0 Å². The molecule has 1 aromatic carbocycles. The van der Waals surface area contributed by atoms with Gasteiger partial charge in [0.05, 0.1) is 19.1 Å². The number of carbonyl (C=O) groups is 2. The largest absolute Gasteiger partial charge is 0.486 e. The summed E-state index contributed by atoms with van der Waals surface area (Å²) in [5.74, 6) is 2.02. The van der Waals surface area contributed by atoms with Gasteiger partial charge in [-0.2, -0.15) is 0 Å². The fourth-order valence-electron chi connectivity index (χ4n) is 4.67. The Hall–Kier alpha value is -2.32. The van der Waals surface area contributed by atoms with Gasteiger partial charge in [0.15, 0.2) is 11.5 Å². The molecular formula is C24H36N4O4. The van der Waals surface area contributed by atoms with Gasteiger partial charge < -0.3 is 19.7 Å². The van der Waals surface area contributed by atoms with E-state index in [1.807, 2.05) is 23.1 Å². The highest BCUT2D eigenvalue weighted by molar-refractivity contribution is 5.79.